The molecule has 0 fully saturated rings. The second-order valence-corrected chi connectivity index (χ2v) is 8.08. The molecule has 2 aromatic heterocycles. The predicted octanol–water partition coefficient (Wildman–Crippen LogP) is 5.23. The average Bonchev–Trinajstić information content (AvgIpc) is 2.87. The molecule has 178 valence electrons. The summed E-state index contributed by atoms with van der Waals surface area (Å²) in [4.78, 5) is 26.8. The zero-order valence-corrected chi connectivity index (χ0v) is 20.3. The first kappa shape index (κ1) is 24.5. The number of anilines is 2. The molecule has 2 aromatic carbocycles. The third kappa shape index (κ3) is 5.19. The molecule has 0 spiro atoms. The second kappa shape index (κ2) is 11.2. The van der Waals surface area contributed by atoms with Gasteiger partial charge in [0.2, 0.25) is 0 Å². The highest BCUT2D eigenvalue weighted by Crippen LogP contribution is 2.26. The molecule has 0 radical (unpaired) electrons. The number of nitrogens with two attached hydrogens (primary N) is 1. The van der Waals surface area contributed by atoms with Crippen molar-refractivity contribution in [2.75, 3.05) is 11.1 Å². The average molecular weight is 495 g/mol. The molecule has 4 rings (SSSR count). The maximum absolute atomic E-state index is 13.6. The van der Waals surface area contributed by atoms with Crippen LogP contribution < -0.4 is 16.6 Å². The fourth-order valence-electron chi connectivity index (χ4n) is 3.59. The highest BCUT2D eigenvalue weighted by molar-refractivity contribution is 6.35. The Labute approximate surface area is 213 Å². The van der Waals surface area contributed by atoms with Gasteiger partial charge in [-0.15, -0.1) is 0 Å². The van der Waals surface area contributed by atoms with Gasteiger partial charge in [0.15, 0.2) is 0 Å². The normalized spacial score (nSPS) is 11.9. The summed E-state index contributed by atoms with van der Waals surface area (Å²) in [6, 6.07) is 14.0. The van der Waals surface area contributed by atoms with Gasteiger partial charge in [-0.1, -0.05) is 78.6 Å². The van der Waals surface area contributed by atoms with Crippen molar-refractivity contribution >= 4 is 34.1 Å². The number of benzene rings is 2. The first-order valence-electron chi connectivity index (χ1n) is 11.1. The van der Waals surface area contributed by atoms with Gasteiger partial charge in [-0.25, -0.2) is 15.0 Å². The van der Waals surface area contributed by atoms with Crippen LogP contribution in [0.2, 0.25) is 5.02 Å². The van der Waals surface area contributed by atoms with Crippen LogP contribution in [0.25, 0.3) is 16.6 Å². The smallest absolute Gasteiger partial charge is 0.267 e. The molecule has 0 aliphatic rings. The third-order valence-electron chi connectivity index (χ3n) is 5.24. The van der Waals surface area contributed by atoms with Gasteiger partial charge in [0, 0.05) is 0 Å². The molecule has 8 heteroatoms. The maximum atomic E-state index is 13.6. The van der Waals surface area contributed by atoms with E-state index in [4.69, 9.17) is 22.3 Å². The quantitative estimate of drug-likeness (QED) is 0.281. The fourth-order valence-corrected chi connectivity index (χ4v) is 3.84. The van der Waals surface area contributed by atoms with Crippen molar-refractivity contribution in [3.63, 3.8) is 0 Å². The number of nitrogens with zero attached hydrogens (tertiary/aromatic N) is 4. The van der Waals surface area contributed by atoms with Gasteiger partial charge in [-0.2, -0.15) is 0 Å². The Hall–Kier alpha value is -4.67. The lowest BCUT2D eigenvalue weighted by molar-refractivity contribution is 0.730. The Morgan fingerprint density at radius 2 is 1.92 bits per heavy atom. The molecule has 2 heterocycles. The van der Waals surface area contributed by atoms with E-state index in [1.54, 1.807) is 47.1 Å². The van der Waals surface area contributed by atoms with E-state index in [2.05, 4.69) is 33.7 Å². The zero-order valence-electron chi connectivity index (χ0n) is 19.5. The lowest BCUT2D eigenvalue weighted by atomic mass is 10.2. The Morgan fingerprint density at radius 1 is 1.11 bits per heavy atom. The topological polar surface area (TPSA) is 98.7 Å². The Balaban J connectivity index is 1.80. The van der Waals surface area contributed by atoms with E-state index in [0.29, 0.717) is 38.8 Å². The summed E-state index contributed by atoms with van der Waals surface area (Å²) in [7, 11) is 0. The summed E-state index contributed by atoms with van der Waals surface area (Å²) in [6.07, 6.45) is 10.1. The van der Waals surface area contributed by atoms with Crippen LogP contribution in [-0.4, -0.2) is 19.5 Å². The monoisotopic (exact) mass is 494 g/mol. The number of hydrogen-bond acceptors (Lipinski definition) is 6. The van der Waals surface area contributed by atoms with Crippen LogP contribution in [0, 0.1) is 11.8 Å². The van der Waals surface area contributed by atoms with Gasteiger partial charge < -0.3 is 11.1 Å². The van der Waals surface area contributed by atoms with Gasteiger partial charge in [0.05, 0.1) is 27.7 Å². The van der Waals surface area contributed by atoms with Crippen molar-refractivity contribution in [1.29, 1.82) is 0 Å². The van der Waals surface area contributed by atoms with Crippen LogP contribution in [0.15, 0.2) is 96.6 Å². The molecule has 0 bridgehead atoms. The molecule has 0 saturated heterocycles. The Morgan fingerprint density at radius 3 is 2.69 bits per heavy atom. The van der Waals surface area contributed by atoms with Crippen molar-refractivity contribution in [2.24, 2.45) is 0 Å². The molecule has 1 atom stereocenters. The molecule has 1 unspecified atom stereocenters. The second-order valence-electron chi connectivity index (χ2n) is 7.68. The summed E-state index contributed by atoms with van der Waals surface area (Å²) >= 11 is 6.38. The van der Waals surface area contributed by atoms with Crippen LogP contribution in [0.4, 0.5) is 11.6 Å². The standard InChI is InChI=1S/C28H23ClN6O/c1-3-4-5-6-7-11-15-21-25(30)31-18-32-26(21)33-19(2)27-34-23-17-12-16-22(29)24(23)28(36)35(27)20-13-9-8-10-14-20/h3-10,12-14,16-19H,1H2,2H3,(H3,30,31,32,33)/b5-4-,7-6+. The number of para-hydroxylation sites is 1. The Kier molecular flexibility index (Phi) is 7.59. The first-order chi connectivity index (χ1) is 17.5. The van der Waals surface area contributed by atoms with Crippen LogP contribution in [-0.2, 0) is 0 Å². The van der Waals surface area contributed by atoms with E-state index in [-0.39, 0.29) is 11.4 Å². The fraction of sp³-hybridized carbons (Fsp3) is 0.0714. The lowest BCUT2D eigenvalue weighted by Crippen LogP contribution is -2.27. The van der Waals surface area contributed by atoms with E-state index < -0.39 is 6.04 Å². The molecular formula is C28H23ClN6O. The number of aromatic nitrogens is 4. The lowest BCUT2D eigenvalue weighted by Gasteiger charge is -2.21. The Bertz CT molecular complexity index is 1600. The largest absolute Gasteiger partial charge is 0.382 e. The molecule has 0 aliphatic heterocycles. The highest BCUT2D eigenvalue weighted by Gasteiger charge is 2.21. The van der Waals surface area contributed by atoms with Gasteiger partial charge in [0.25, 0.3) is 5.56 Å². The first-order valence-corrected chi connectivity index (χ1v) is 11.5. The molecule has 3 N–H and O–H groups in total. The van der Waals surface area contributed by atoms with E-state index >= 15 is 0 Å². The van der Waals surface area contributed by atoms with Gasteiger partial charge >= 0.3 is 0 Å². The van der Waals surface area contributed by atoms with Crippen molar-refractivity contribution in [3.05, 3.63) is 119 Å². The van der Waals surface area contributed by atoms with Crippen LogP contribution in [0.5, 0.6) is 0 Å². The van der Waals surface area contributed by atoms with Crippen molar-refractivity contribution in [1.82, 2.24) is 19.5 Å². The molecule has 0 amide bonds. The maximum Gasteiger partial charge on any atom is 0.267 e. The molecular weight excluding hydrogens is 472 g/mol. The van der Waals surface area contributed by atoms with E-state index in [0.717, 1.165) is 0 Å². The van der Waals surface area contributed by atoms with Gasteiger partial charge in [-0.05, 0) is 37.3 Å². The number of allylic oxidation sites excluding steroid dienone is 5. The third-order valence-corrected chi connectivity index (χ3v) is 5.55. The predicted molar refractivity (Wildman–Crippen MR) is 146 cm³/mol. The number of nitrogens with one attached hydrogen (secondary N) is 1. The summed E-state index contributed by atoms with van der Waals surface area (Å²) in [5.41, 5.74) is 7.45. The summed E-state index contributed by atoms with van der Waals surface area (Å²) < 4.78 is 1.55. The molecule has 4 aromatic rings. The number of nitrogen functional groups attached to an aromatic ring is 1. The summed E-state index contributed by atoms with van der Waals surface area (Å²) in [5.74, 6) is 7.07. The highest BCUT2D eigenvalue weighted by atomic mass is 35.5. The van der Waals surface area contributed by atoms with E-state index in [1.807, 2.05) is 43.3 Å². The van der Waals surface area contributed by atoms with Gasteiger partial charge in [0.1, 0.15) is 29.4 Å². The van der Waals surface area contributed by atoms with Crippen LogP contribution in [0.3, 0.4) is 0 Å². The van der Waals surface area contributed by atoms with Crippen molar-refractivity contribution in [2.45, 2.75) is 13.0 Å². The number of hydrogen-bond donors (Lipinski definition) is 2. The van der Waals surface area contributed by atoms with Crippen molar-refractivity contribution < 1.29 is 0 Å². The molecule has 7 nitrogen and oxygen atoms in total. The molecule has 0 aliphatic carbocycles. The minimum atomic E-state index is -0.456. The summed E-state index contributed by atoms with van der Waals surface area (Å²) in [6.45, 7) is 5.50. The zero-order chi connectivity index (χ0) is 25.5. The van der Waals surface area contributed by atoms with E-state index in [1.165, 1.54) is 6.33 Å². The van der Waals surface area contributed by atoms with E-state index in [9.17, 15) is 4.79 Å². The molecule has 0 saturated carbocycles. The summed E-state index contributed by atoms with van der Waals surface area (Å²) in [5, 5.41) is 4.01. The SMILES string of the molecule is C=C/C=C\C=C\C#Cc1c(N)ncnc1NC(C)c1nc2cccc(Cl)c2c(=O)n1-c1ccccc1. The van der Waals surface area contributed by atoms with Gasteiger partial charge in [-0.3, -0.25) is 9.36 Å². The molecule has 36 heavy (non-hydrogen) atoms. The van der Waals surface area contributed by atoms with Crippen molar-refractivity contribution in [3.8, 4) is 17.5 Å². The van der Waals surface area contributed by atoms with Crippen LogP contribution in [0.1, 0.15) is 24.4 Å². The minimum absolute atomic E-state index is 0.237. The number of rotatable bonds is 6. The van der Waals surface area contributed by atoms with Crippen LogP contribution >= 0.6 is 11.6 Å². The number of fused-ring (bicyclic) bond motifs is 1. The number of halogens is 1. The minimum Gasteiger partial charge on any atom is -0.382 e.